The van der Waals surface area contributed by atoms with Gasteiger partial charge in [-0.3, -0.25) is 9.78 Å². The third-order valence-corrected chi connectivity index (χ3v) is 2.39. The minimum absolute atomic E-state index is 0.0914. The maximum atomic E-state index is 11.7. The fourth-order valence-electron chi connectivity index (χ4n) is 1.57. The molecule has 0 spiro atoms. The number of carbonyl (C=O) groups is 1. The summed E-state index contributed by atoms with van der Waals surface area (Å²) < 4.78 is 0. The van der Waals surface area contributed by atoms with Gasteiger partial charge in [-0.1, -0.05) is 18.2 Å². The molecule has 2 aromatic rings. The number of benzene rings is 1. The van der Waals surface area contributed by atoms with Crippen molar-refractivity contribution >= 4 is 17.3 Å². The molecule has 92 valence electrons. The van der Waals surface area contributed by atoms with E-state index in [-0.39, 0.29) is 12.5 Å². The number of para-hydroxylation sites is 1. The number of nitrogens with zero attached hydrogens (tertiary/aromatic N) is 1. The highest BCUT2D eigenvalue weighted by molar-refractivity contribution is 5.93. The largest absolute Gasteiger partial charge is 0.376 e. The van der Waals surface area contributed by atoms with E-state index in [0.29, 0.717) is 0 Å². The van der Waals surface area contributed by atoms with Gasteiger partial charge < -0.3 is 10.6 Å². The Morgan fingerprint density at radius 3 is 2.67 bits per heavy atom. The van der Waals surface area contributed by atoms with E-state index in [2.05, 4.69) is 15.6 Å². The first-order valence-electron chi connectivity index (χ1n) is 5.74. The van der Waals surface area contributed by atoms with Gasteiger partial charge in [-0.15, -0.1) is 0 Å². The van der Waals surface area contributed by atoms with Gasteiger partial charge in [0.05, 0.1) is 18.4 Å². The van der Waals surface area contributed by atoms with E-state index in [9.17, 15) is 4.79 Å². The van der Waals surface area contributed by atoms with E-state index in [1.165, 1.54) is 0 Å². The lowest BCUT2D eigenvalue weighted by Crippen LogP contribution is -2.21. The third-order valence-electron chi connectivity index (χ3n) is 2.39. The zero-order valence-electron chi connectivity index (χ0n) is 10.2. The van der Waals surface area contributed by atoms with Crippen LogP contribution in [0.5, 0.6) is 0 Å². The Kier molecular flexibility index (Phi) is 3.91. The van der Waals surface area contributed by atoms with Crippen LogP contribution in [0.3, 0.4) is 0 Å². The van der Waals surface area contributed by atoms with Gasteiger partial charge in [0.1, 0.15) is 0 Å². The number of amides is 1. The van der Waals surface area contributed by atoms with Gasteiger partial charge >= 0.3 is 0 Å². The number of hydrogen-bond donors (Lipinski definition) is 2. The summed E-state index contributed by atoms with van der Waals surface area (Å²) >= 11 is 0. The number of carbonyl (C=O) groups excluding carboxylic acids is 1. The molecule has 0 radical (unpaired) electrons. The van der Waals surface area contributed by atoms with Crippen LogP contribution >= 0.6 is 0 Å². The van der Waals surface area contributed by atoms with Crippen LogP contribution in [0, 0.1) is 6.92 Å². The van der Waals surface area contributed by atoms with Crippen molar-refractivity contribution in [3.8, 4) is 0 Å². The highest BCUT2D eigenvalue weighted by Crippen LogP contribution is 2.07. The summed E-state index contributed by atoms with van der Waals surface area (Å²) in [5.41, 5.74) is 2.66. The van der Waals surface area contributed by atoms with Crippen molar-refractivity contribution in [1.29, 1.82) is 0 Å². The highest BCUT2D eigenvalue weighted by atomic mass is 16.1. The van der Waals surface area contributed by atoms with Crippen molar-refractivity contribution in [3.05, 3.63) is 54.4 Å². The van der Waals surface area contributed by atoms with Crippen LogP contribution in [-0.2, 0) is 4.79 Å². The molecule has 0 saturated heterocycles. The molecule has 0 fully saturated rings. The molecule has 4 nitrogen and oxygen atoms in total. The zero-order chi connectivity index (χ0) is 12.8. The Morgan fingerprint density at radius 1 is 1.17 bits per heavy atom. The average molecular weight is 241 g/mol. The molecule has 1 amide bonds. The minimum atomic E-state index is -0.0914. The first-order chi connectivity index (χ1) is 8.74. The number of anilines is 2. The van der Waals surface area contributed by atoms with Gasteiger partial charge in [-0.2, -0.15) is 0 Å². The second kappa shape index (κ2) is 5.82. The molecule has 1 heterocycles. The number of rotatable bonds is 4. The lowest BCUT2D eigenvalue weighted by Gasteiger charge is -2.07. The molecule has 0 saturated carbocycles. The lowest BCUT2D eigenvalue weighted by molar-refractivity contribution is -0.114. The maximum Gasteiger partial charge on any atom is 0.243 e. The van der Waals surface area contributed by atoms with E-state index in [1.807, 2.05) is 43.3 Å². The van der Waals surface area contributed by atoms with E-state index in [1.54, 1.807) is 12.4 Å². The maximum absolute atomic E-state index is 11.7. The number of hydrogen-bond acceptors (Lipinski definition) is 3. The molecule has 0 aliphatic rings. The summed E-state index contributed by atoms with van der Waals surface area (Å²) in [5.74, 6) is -0.0914. The van der Waals surface area contributed by atoms with Crippen LogP contribution in [-0.4, -0.2) is 17.4 Å². The topological polar surface area (TPSA) is 54.0 Å². The SMILES string of the molecule is Cc1cncc(NC(=O)CNc2ccccc2)c1. The van der Waals surface area contributed by atoms with E-state index < -0.39 is 0 Å². The van der Waals surface area contributed by atoms with Gasteiger partial charge in [0, 0.05) is 11.9 Å². The Morgan fingerprint density at radius 2 is 1.94 bits per heavy atom. The molecule has 0 atom stereocenters. The monoisotopic (exact) mass is 241 g/mol. The molecular formula is C14H15N3O. The average Bonchev–Trinajstić information content (AvgIpc) is 2.38. The summed E-state index contributed by atoms with van der Waals surface area (Å²) in [5, 5.41) is 5.84. The molecule has 2 N–H and O–H groups in total. The molecule has 18 heavy (non-hydrogen) atoms. The standard InChI is InChI=1S/C14H15N3O/c1-11-7-13(9-15-8-11)17-14(18)10-16-12-5-3-2-4-6-12/h2-9,16H,10H2,1H3,(H,17,18). The molecule has 0 bridgehead atoms. The Balaban J connectivity index is 1.86. The summed E-state index contributed by atoms with van der Waals surface area (Å²) in [6.07, 6.45) is 3.38. The Hall–Kier alpha value is -2.36. The van der Waals surface area contributed by atoms with Crippen molar-refractivity contribution in [2.45, 2.75) is 6.92 Å². The van der Waals surface area contributed by atoms with Crippen LogP contribution < -0.4 is 10.6 Å². The summed E-state index contributed by atoms with van der Waals surface area (Å²) in [7, 11) is 0. The van der Waals surface area contributed by atoms with Gasteiger partial charge in [0.25, 0.3) is 0 Å². The van der Waals surface area contributed by atoms with E-state index in [0.717, 1.165) is 16.9 Å². The van der Waals surface area contributed by atoms with Crippen molar-refractivity contribution < 1.29 is 4.79 Å². The fraction of sp³-hybridized carbons (Fsp3) is 0.143. The second-order valence-electron chi connectivity index (χ2n) is 4.02. The molecular weight excluding hydrogens is 226 g/mol. The van der Waals surface area contributed by atoms with E-state index >= 15 is 0 Å². The second-order valence-corrected chi connectivity index (χ2v) is 4.02. The van der Waals surface area contributed by atoms with Gasteiger partial charge in [-0.25, -0.2) is 0 Å². The van der Waals surface area contributed by atoms with Gasteiger partial charge in [0.2, 0.25) is 5.91 Å². The van der Waals surface area contributed by atoms with Gasteiger partial charge in [-0.05, 0) is 30.7 Å². The number of aryl methyl sites for hydroxylation is 1. The highest BCUT2D eigenvalue weighted by Gasteiger charge is 2.02. The van der Waals surface area contributed by atoms with Crippen molar-refractivity contribution in [1.82, 2.24) is 4.98 Å². The van der Waals surface area contributed by atoms with E-state index in [4.69, 9.17) is 0 Å². The van der Waals surface area contributed by atoms with Crippen LogP contribution in [0.2, 0.25) is 0 Å². The van der Waals surface area contributed by atoms with Crippen LogP contribution in [0.25, 0.3) is 0 Å². The minimum Gasteiger partial charge on any atom is -0.376 e. The predicted molar refractivity (Wildman–Crippen MR) is 72.5 cm³/mol. The first kappa shape index (κ1) is 12.1. The lowest BCUT2D eigenvalue weighted by atomic mass is 10.3. The number of nitrogens with one attached hydrogen (secondary N) is 2. The van der Waals surface area contributed by atoms with Crippen LogP contribution in [0.4, 0.5) is 11.4 Å². The van der Waals surface area contributed by atoms with Crippen molar-refractivity contribution in [2.75, 3.05) is 17.2 Å². The molecule has 2 rings (SSSR count). The predicted octanol–water partition coefficient (Wildman–Crippen LogP) is 2.44. The molecule has 4 heteroatoms. The van der Waals surface area contributed by atoms with Crippen LogP contribution in [0.1, 0.15) is 5.56 Å². The summed E-state index contributed by atoms with van der Waals surface area (Å²) in [6, 6.07) is 11.5. The Bertz CT molecular complexity index is 526. The van der Waals surface area contributed by atoms with Crippen molar-refractivity contribution in [2.24, 2.45) is 0 Å². The fourth-order valence-corrected chi connectivity index (χ4v) is 1.57. The number of aromatic nitrogens is 1. The quantitative estimate of drug-likeness (QED) is 0.864. The molecule has 0 unspecified atom stereocenters. The van der Waals surface area contributed by atoms with Crippen molar-refractivity contribution in [3.63, 3.8) is 0 Å². The molecule has 0 aliphatic carbocycles. The smallest absolute Gasteiger partial charge is 0.243 e. The molecule has 0 aliphatic heterocycles. The summed E-state index contributed by atoms with van der Waals surface area (Å²) in [4.78, 5) is 15.7. The molecule has 1 aromatic heterocycles. The number of pyridine rings is 1. The van der Waals surface area contributed by atoms with Gasteiger partial charge in [0.15, 0.2) is 0 Å². The normalized spacial score (nSPS) is 9.83. The molecule has 1 aromatic carbocycles. The zero-order valence-corrected chi connectivity index (χ0v) is 10.2. The Labute approximate surface area is 106 Å². The summed E-state index contributed by atoms with van der Waals surface area (Å²) in [6.45, 7) is 2.17. The first-order valence-corrected chi connectivity index (χ1v) is 5.74. The van der Waals surface area contributed by atoms with Crippen LogP contribution in [0.15, 0.2) is 48.8 Å². The third kappa shape index (κ3) is 3.59.